The summed E-state index contributed by atoms with van der Waals surface area (Å²) in [6, 6.07) is 0. The molecule has 0 aromatic heterocycles. The van der Waals surface area contributed by atoms with Crippen LogP contribution < -0.4 is 0 Å². The minimum Gasteiger partial charge on any atom is -0.346 e. The monoisotopic (exact) mass is 195 g/mol. The van der Waals surface area contributed by atoms with Gasteiger partial charge in [0, 0.05) is 32.7 Å². The Hall–Kier alpha value is 0.324. The van der Waals surface area contributed by atoms with E-state index in [0.29, 0.717) is 0 Å². The Balaban J connectivity index is 0. The van der Waals surface area contributed by atoms with Crippen molar-refractivity contribution in [2.45, 2.75) is 13.8 Å². The first-order valence-corrected chi connectivity index (χ1v) is 2.61. The van der Waals surface area contributed by atoms with Gasteiger partial charge in [0.25, 0.3) is 0 Å². The molecule has 9 heavy (non-hydrogen) atoms. The predicted octanol–water partition coefficient (Wildman–Crippen LogP) is 2.30. The van der Waals surface area contributed by atoms with Crippen LogP contribution in [0.5, 0.6) is 0 Å². The van der Waals surface area contributed by atoms with E-state index in [1.807, 2.05) is 38.2 Å². The molecule has 0 N–H and O–H groups in total. The zero-order valence-electron chi connectivity index (χ0n) is 5.89. The van der Waals surface area contributed by atoms with Crippen LogP contribution in [0.25, 0.3) is 0 Å². The summed E-state index contributed by atoms with van der Waals surface area (Å²) in [5.74, 6) is 0. The van der Waals surface area contributed by atoms with Gasteiger partial charge in [0.1, 0.15) is 0 Å². The molecule has 0 aliphatic heterocycles. The first kappa shape index (κ1) is 12.0. The van der Waals surface area contributed by atoms with Gasteiger partial charge in [-0.1, -0.05) is 6.92 Å². The summed E-state index contributed by atoms with van der Waals surface area (Å²) >= 11 is 0. The molecule has 0 atom stereocenters. The van der Waals surface area contributed by atoms with Crippen LogP contribution >= 0.6 is 0 Å². The van der Waals surface area contributed by atoms with Crippen LogP contribution in [0.2, 0.25) is 0 Å². The Kier molecular flexibility index (Phi) is 14.9. The van der Waals surface area contributed by atoms with E-state index in [0.717, 1.165) is 0 Å². The topological polar surface area (TPSA) is 0 Å². The van der Waals surface area contributed by atoms with Crippen LogP contribution in [-0.2, 0) is 32.7 Å². The molecule has 1 heteroatoms. The van der Waals surface area contributed by atoms with Crippen molar-refractivity contribution in [2.75, 3.05) is 0 Å². The van der Waals surface area contributed by atoms with Crippen molar-refractivity contribution in [3.63, 3.8) is 0 Å². The van der Waals surface area contributed by atoms with E-state index in [2.05, 4.69) is 12.2 Å². The van der Waals surface area contributed by atoms with Gasteiger partial charge in [0.05, 0.1) is 0 Å². The Bertz CT molecular complexity index is 95.7. The first-order chi connectivity index (χ1) is 3.91. The fourth-order valence-electron chi connectivity index (χ4n) is 0.283. The fourth-order valence-corrected chi connectivity index (χ4v) is 0.283. The molecule has 0 aliphatic carbocycles. The Labute approximate surface area is 82.6 Å². The molecule has 0 rings (SSSR count). The second-order valence-electron chi connectivity index (χ2n) is 1.29. The third-order valence-electron chi connectivity index (χ3n) is 0.609. The summed E-state index contributed by atoms with van der Waals surface area (Å²) in [5.41, 5.74) is 0. The van der Waals surface area contributed by atoms with Crippen LogP contribution in [0, 0.1) is 12.2 Å². The van der Waals surface area contributed by atoms with Gasteiger partial charge in [0.2, 0.25) is 0 Å². The van der Waals surface area contributed by atoms with Crippen molar-refractivity contribution >= 4 is 0 Å². The smallest absolute Gasteiger partial charge is 0 e. The molecule has 0 saturated carbocycles. The van der Waals surface area contributed by atoms with Gasteiger partial charge >= 0.3 is 0 Å². The SMILES string of the molecule is C[C-]=CC=[C-]C=CC.[Y]. The number of hydrogen-bond donors (Lipinski definition) is 0. The van der Waals surface area contributed by atoms with E-state index in [9.17, 15) is 0 Å². The molecular formula is C8H10Y-2. The molecule has 0 fully saturated rings. The maximum absolute atomic E-state index is 2.91. The summed E-state index contributed by atoms with van der Waals surface area (Å²) in [6.07, 6.45) is 13.2. The van der Waals surface area contributed by atoms with Gasteiger partial charge in [-0.25, -0.2) is 0 Å². The molecular weight excluding hydrogens is 185 g/mol. The number of allylic oxidation sites excluding steroid dienone is 6. The Morgan fingerprint density at radius 3 is 2.33 bits per heavy atom. The summed E-state index contributed by atoms with van der Waals surface area (Å²) < 4.78 is 0. The number of hydrogen-bond acceptors (Lipinski definition) is 0. The summed E-state index contributed by atoms with van der Waals surface area (Å²) in [4.78, 5) is 0. The van der Waals surface area contributed by atoms with Crippen molar-refractivity contribution in [3.05, 3.63) is 36.5 Å². The van der Waals surface area contributed by atoms with Crippen LogP contribution in [0.3, 0.4) is 0 Å². The van der Waals surface area contributed by atoms with Crippen LogP contribution in [-0.4, -0.2) is 0 Å². The minimum atomic E-state index is 0. The van der Waals surface area contributed by atoms with E-state index >= 15 is 0 Å². The van der Waals surface area contributed by atoms with E-state index in [1.165, 1.54) is 0 Å². The van der Waals surface area contributed by atoms with E-state index in [-0.39, 0.29) is 32.7 Å². The van der Waals surface area contributed by atoms with Gasteiger partial charge in [-0.15, -0.1) is 6.92 Å². The van der Waals surface area contributed by atoms with Crippen LogP contribution in [0.1, 0.15) is 13.8 Å². The quantitative estimate of drug-likeness (QED) is 0.468. The van der Waals surface area contributed by atoms with Gasteiger partial charge in [-0.3, -0.25) is 6.08 Å². The van der Waals surface area contributed by atoms with Gasteiger partial charge in [-0.05, 0) is 0 Å². The molecule has 0 amide bonds. The maximum Gasteiger partial charge on any atom is 0 e. The molecule has 0 spiro atoms. The molecule has 0 heterocycles. The average Bonchev–Trinajstić information content (AvgIpc) is 1.81. The summed E-state index contributed by atoms with van der Waals surface area (Å²) in [7, 11) is 0. The molecule has 47 valence electrons. The standard InChI is InChI=1S/C8H10.Y/c1-3-5-7-8-6-4-2;/h3,5-6,8H,1-2H3;/q-2;. The molecule has 0 saturated heterocycles. The molecule has 0 aromatic carbocycles. The molecule has 0 aliphatic rings. The second kappa shape index (κ2) is 11.2. The molecule has 0 unspecified atom stereocenters. The molecule has 1 radical (unpaired) electrons. The summed E-state index contributed by atoms with van der Waals surface area (Å²) in [6.45, 7) is 3.81. The summed E-state index contributed by atoms with van der Waals surface area (Å²) in [5, 5.41) is 0. The zero-order valence-corrected chi connectivity index (χ0v) is 8.73. The third kappa shape index (κ3) is 11.7. The van der Waals surface area contributed by atoms with Gasteiger partial charge < -0.3 is 18.2 Å². The van der Waals surface area contributed by atoms with Crippen LogP contribution in [0.15, 0.2) is 24.3 Å². The zero-order chi connectivity index (χ0) is 6.24. The maximum atomic E-state index is 2.91. The third-order valence-corrected chi connectivity index (χ3v) is 0.609. The van der Waals surface area contributed by atoms with E-state index < -0.39 is 0 Å². The van der Waals surface area contributed by atoms with Gasteiger partial charge in [0.15, 0.2) is 0 Å². The van der Waals surface area contributed by atoms with Crippen LogP contribution in [0.4, 0.5) is 0 Å². The van der Waals surface area contributed by atoms with Crippen molar-refractivity contribution in [1.29, 1.82) is 0 Å². The second-order valence-corrected chi connectivity index (χ2v) is 1.29. The van der Waals surface area contributed by atoms with Crippen molar-refractivity contribution in [3.8, 4) is 0 Å². The van der Waals surface area contributed by atoms with Crippen molar-refractivity contribution < 1.29 is 32.7 Å². The number of rotatable bonds is 2. The van der Waals surface area contributed by atoms with Crippen molar-refractivity contribution in [1.82, 2.24) is 0 Å². The normalized spacial score (nSPS) is 11.3. The van der Waals surface area contributed by atoms with Crippen molar-refractivity contribution in [2.24, 2.45) is 0 Å². The minimum absolute atomic E-state index is 0. The Morgan fingerprint density at radius 1 is 1.22 bits per heavy atom. The van der Waals surface area contributed by atoms with E-state index in [4.69, 9.17) is 0 Å². The largest absolute Gasteiger partial charge is 0.346 e. The first-order valence-electron chi connectivity index (χ1n) is 2.61. The van der Waals surface area contributed by atoms with E-state index in [1.54, 1.807) is 0 Å². The average molecular weight is 195 g/mol. The molecule has 0 nitrogen and oxygen atoms in total. The predicted molar refractivity (Wildman–Crippen MR) is 36.1 cm³/mol. The molecule has 0 aromatic rings. The Morgan fingerprint density at radius 2 is 1.89 bits per heavy atom. The van der Waals surface area contributed by atoms with Gasteiger partial charge in [-0.2, -0.15) is 12.2 Å². The fraction of sp³-hybridized carbons (Fsp3) is 0.250. The molecule has 0 bridgehead atoms.